The van der Waals surface area contributed by atoms with Crippen LogP contribution in [0.2, 0.25) is 0 Å². The summed E-state index contributed by atoms with van der Waals surface area (Å²) in [5.74, 6) is 0.125. The zero-order chi connectivity index (χ0) is 12.5. The van der Waals surface area contributed by atoms with Crippen molar-refractivity contribution in [2.75, 3.05) is 0 Å². The summed E-state index contributed by atoms with van der Waals surface area (Å²) < 4.78 is 0. The molecule has 1 rings (SSSR count). The minimum atomic E-state index is -0.820. The van der Waals surface area contributed by atoms with Crippen molar-refractivity contribution in [1.82, 2.24) is 4.98 Å². The quantitative estimate of drug-likeness (QED) is 0.711. The molecule has 0 bridgehead atoms. The lowest BCUT2D eigenvalue weighted by Crippen LogP contribution is -2.40. The van der Waals surface area contributed by atoms with Crippen molar-refractivity contribution in [3.8, 4) is 5.75 Å². The van der Waals surface area contributed by atoms with Gasteiger partial charge in [-0.3, -0.25) is 4.98 Å². The van der Waals surface area contributed by atoms with Crippen LogP contribution >= 0.6 is 0 Å². The zero-order valence-corrected chi connectivity index (χ0v) is 10.2. The summed E-state index contributed by atoms with van der Waals surface area (Å²) in [4.78, 5) is 4.13. The van der Waals surface area contributed by atoms with Gasteiger partial charge in [0.1, 0.15) is 11.9 Å². The Labute approximate surface area is 96.1 Å². The van der Waals surface area contributed by atoms with Crippen LogP contribution in [0.3, 0.4) is 0 Å². The van der Waals surface area contributed by atoms with Gasteiger partial charge in [-0.2, -0.15) is 0 Å². The molecule has 0 aromatic carbocycles. The fourth-order valence-corrected chi connectivity index (χ4v) is 1.40. The van der Waals surface area contributed by atoms with Gasteiger partial charge in [-0.15, -0.1) is 0 Å². The normalized spacial score (nSPS) is 15.9. The molecule has 1 heterocycles. The average Bonchev–Trinajstić information content (AvgIpc) is 2.18. The van der Waals surface area contributed by atoms with E-state index in [9.17, 15) is 10.2 Å². The van der Waals surface area contributed by atoms with Gasteiger partial charge < -0.3 is 15.9 Å². The predicted molar refractivity (Wildman–Crippen MR) is 63.0 cm³/mol. The molecule has 0 radical (unpaired) electrons. The van der Waals surface area contributed by atoms with Crippen LogP contribution in [-0.4, -0.2) is 21.2 Å². The van der Waals surface area contributed by atoms with Gasteiger partial charge in [-0.05, 0) is 24.5 Å². The molecule has 0 amide bonds. The molecule has 0 fully saturated rings. The van der Waals surface area contributed by atoms with Gasteiger partial charge in [0.15, 0.2) is 0 Å². The number of nitrogens with zero attached hydrogens (tertiary/aromatic N) is 1. The van der Waals surface area contributed by atoms with Gasteiger partial charge in [0.05, 0.1) is 11.4 Å². The number of nitrogens with two attached hydrogens (primary N) is 1. The van der Waals surface area contributed by atoms with Gasteiger partial charge in [0, 0.05) is 6.04 Å². The Bertz CT molecular complexity index is 372. The molecule has 0 aliphatic heterocycles. The minimum Gasteiger partial charge on any atom is -0.506 e. The SMILES string of the molecule is Cc1nc(C(O)C(N)C(C)(C)C)ccc1O. The number of rotatable bonds is 2. The number of aromatic nitrogens is 1. The van der Waals surface area contributed by atoms with E-state index in [4.69, 9.17) is 5.73 Å². The van der Waals surface area contributed by atoms with Crippen molar-refractivity contribution in [2.24, 2.45) is 11.1 Å². The predicted octanol–water partition coefficient (Wildman–Crippen LogP) is 1.50. The molecule has 4 nitrogen and oxygen atoms in total. The van der Waals surface area contributed by atoms with E-state index in [1.807, 2.05) is 20.8 Å². The minimum absolute atomic E-state index is 0.125. The number of hydrogen-bond acceptors (Lipinski definition) is 4. The number of hydrogen-bond donors (Lipinski definition) is 3. The van der Waals surface area contributed by atoms with E-state index < -0.39 is 12.1 Å². The highest BCUT2D eigenvalue weighted by Crippen LogP contribution is 2.28. The number of aliphatic hydroxyl groups is 1. The maximum atomic E-state index is 10.1. The van der Waals surface area contributed by atoms with Crippen molar-refractivity contribution < 1.29 is 10.2 Å². The van der Waals surface area contributed by atoms with Crippen molar-refractivity contribution in [1.29, 1.82) is 0 Å². The smallest absolute Gasteiger partial charge is 0.136 e. The van der Waals surface area contributed by atoms with Crippen LogP contribution in [0.1, 0.15) is 38.3 Å². The fourth-order valence-electron chi connectivity index (χ4n) is 1.40. The summed E-state index contributed by atoms with van der Waals surface area (Å²) >= 11 is 0. The Morgan fingerprint density at radius 1 is 1.31 bits per heavy atom. The lowest BCUT2D eigenvalue weighted by atomic mass is 9.83. The van der Waals surface area contributed by atoms with Crippen LogP contribution in [0.4, 0.5) is 0 Å². The molecule has 2 unspecified atom stereocenters. The first-order valence-corrected chi connectivity index (χ1v) is 5.33. The molecule has 2 atom stereocenters. The van der Waals surface area contributed by atoms with E-state index in [-0.39, 0.29) is 11.2 Å². The third kappa shape index (κ3) is 2.71. The monoisotopic (exact) mass is 224 g/mol. The number of aryl methyl sites for hydroxylation is 1. The first-order valence-electron chi connectivity index (χ1n) is 5.33. The maximum absolute atomic E-state index is 10.1. The van der Waals surface area contributed by atoms with E-state index in [0.29, 0.717) is 11.4 Å². The molecule has 16 heavy (non-hydrogen) atoms. The molecule has 0 aliphatic rings. The molecule has 0 saturated carbocycles. The zero-order valence-electron chi connectivity index (χ0n) is 10.2. The van der Waals surface area contributed by atoms with E-state index in [0.717, 1.165) is 0 Å². The third-order valence-electron chi connectivity index (χ3n) is 2.72. The maximum Gasteiger partial charge on any atom is 0.136 e. The Kier molecular flexibility index (Phi) is 3.55. The van der Waals surface area contributed by atoms with Gasteiger partial charge in [0.25, 0.3) is 0 Å². The van der Waals surface area contributed by atoms with Crippen molar-refractivity contribution in [3.05, 3.63) is 23.5 Å². The topological polar surface area (TPSA) is 79.4 Å². The van der Waals surface area contributed by atoms with Gasteiger partial charge in [-0.25, -0.2) is 0 Å². The molecule has 0 aliphatic carbocycles. The Balaban J connectivity index is 2.97. The summed E-state index contributed by atoms with van der Waals surface area (Å²) in [7, 11) is 0. The second-order valence-electron chi connectivity index (χ2n) is 5.18. The average molecular weight is 224 g/mol. The molecule has 4 N–H and O–H groups in total. The molecular weight excluding hydrogens is 204 g/mol. The van der Waals surface area contributed by atoms with Gasteiger partial charge in [0.2, 0.25) is 0 Å². The molecular formula is C12H20N2O2. The van der Waals surface area contributed by atoms with Crippen LogP contribution in [0.5, 0.6) is 5.75 Å². The van der Waals surface area contributed by atoms with Crippen LogP contribution < -0.4 is 5.73 Å². The van der Waals surface area contributed by atoms with E-state index in [2.05, 4.69) is 4.98 Å². The standard InChI is InChI=1S/C12H20N2O2/c1-7-9(15)6-5-8(14-7)10(16)11(13)12(2,3)4/h5-6,10-11,15-16H,13H2,1-4H3. The van der Waals surface area contributed by atoms with E-state index >= 15 is 0 Å². The van der Waals surface area contributed by atoms with Crippen LogP contribution in [0.15, 0.2) is 12.1 Å². The molecule has 4 heteroatoms. The molecule has 1 aromatic rings. The van der Waals surface area contributed by atoms with Crippen molar-refractivity contribution in [3.63, 3.8) is 0 Å². The summed E-state index contributed by atoms with van der Waals surface area (Å²) in [5, 5.41) is 19.4. The summed E-state index contributed by atoms with van der Waals surface area (Å²) in [6.07, 6.45) is -0.820. The van der Waals surface area contributed by atoms with Crippen LogP contribution in [0.25, 0.3) is 0 Å². The summed E-state index contributed by atoms with van der Waals surface area (Å²) in [6.45, 7) is 7.59. The Morgan fingerprint density at radius 2 is 1.88 bits per heavy atom. The van der Waals surface area contributed by atoms with E-state index in [1.54, 1.807) is 13.0 Å². The highest BCUT2D eigenvalue weighted by atomic mass is 16.3. The number of aromatic hydroxyl groups is 1. The molecule has 0 spiro atoms. The third-order valence-corrected chi connectivity index (χ3v) is 2.72. The van der Waals surface area contributed by atoms with Crippen LogP contribution in [-0.2, 0) is 0 Å². The highest BCUT2D eigenvalue weighted by molar-refractivity contribution is 5.27. The lowest BCUT2D eigenvalue weighted by Gasteiger charge is -2.30. The second kappa shape index (κ2) is 4.39. The second-order valence-corrected chi connectivity index (χ2v) is 5.18. The lowest BCUT2D eigenvalue weighted by molar-refractivity contribution is 0.0889. The van der Waals surface area contributed by atoms with Crippen LogP contribution in [0, 0.1) is 12.3 Å². The van der Waals surface area contributed by atoms with Gasteiger partial charge in [-0.1, -0.05) is 20.8 Å². The fraction of sp³-hybridized carbons (Fsp3) is 0.583. The first kappa shape index (κ1) is 12.9. The number of pyridine rings is 1. The van der Waals surface area contributed by atoms with Crippen molar-refractivity contribution >= 4 is 0 Å². The molecule has 0 saturated heterocycles. The molecule has 1 aromatic heterocycles. The largest absolute Gasteiger partial charge is 0.506 e. The van der Waals surface area contributed by atoms with Crippen molar-refractivity contribution in [2.45, 2.75) is 39.8 Å². The van der Waals surface area contributed by atoms with E-state index in [1.165, 1.54) is 6.07 Å². The first-order chi connectivity index (χ1) is 7.23. The highest BCUT2D eigenvalue weighted by Gasteiger charge is 2.29. The Hall–Kier alpha value is -1.13. The number of aliphatic hydroxyl groups excluding tert-OH is 1. The molecule has 90 valence electrons. The summed E-state index contributed by atoms with van der Waals surface area (Å²) in [6, 6.07) is 2.72. The van der Waals surface area contributed by atoms with Gasteiger partial charge >= 0.3 is 0 Å². The summed E-state index contributed by atoms with van der Waals surface area (Å²) in [5.41, 5.74) is 6.76. The Morgan fingerprint density at radius 3 is 2.31 bits per heavy atom.